The average molecular weight is 502 g/mol. The number of hydrogen-bond acceptors (Lipinski definition) is 5. The fourth-order valence-corrected chi connectivity index (χ4v) is 6.26. The van der Waals surface area contributed by atoms with Crippen molar-refractivity contribution in [2.24, 2.45) is 11.0 Å². The van der Waals surface area contributed by atoms with Crippen molar-refractivity contribution in [1.82, 2.24) is 5.01 Å². The molecule has 2 amide bonds. The molecule has 6 nitrogen and oxygen atoms in total. The van der Waals surface area contributed by atoms with Gasteiger partial charge in [-0.05, 0) is 51.5 Å². The second kappa shape index (κ2) is 9.26. The predicted octanol–water partition coefficient (Wildman–Crippen LogP) is 6.25. The van der Waals surface area contributed by atoms with Gasteiger partial charge in [0.25, 0.3) is 0 Å². The van der Waals surface area contributed by atoms with E-state index in [0.717, 1.165) is 24.6 Å². The molecule has 0 saturated carbocycles. The molecule has 2 aliphatic rings. The van der Waals surface area contributed by atoms with Crippen LogP contribution in [0.3, 0.4) is 0 Å². The van der Waals surface area contributed by atoms with Crippen molar-refractivity contribution < 1.29 is 23.1 Å². The highest BCUT2D eigenvalue weighted by Crippen LogP contribution is 2.58. The van der Waals surface area contributed by atoms with Crippen molar-refractivity contribution >= 4 is 34.5 Å². The molecule has 1 spiro atoms. The molecule has 2 atom stereocenters. The van der Waals surface area contributed by atoms with Crippen LogP contribution in [0.4, 0.5) is 19.3 Å². The number of fused-ring (bicyclic) bond motifs is 2. The Morgan fingerprint density at radius 2 is 1.91 bits per heavy atom. The number of para-hydroxylation sites is 1. The molecule has 2 aromatic carbocycles. The summed E-state index contributed by atoms with van der Waals surface area (Å²) in [6.07, 6.45) is 0.974. The van der Waals surface area contributed by atoms with Gasteiger partial charge in [-0.1, -0.05) is 43.3 Å². The van der Waals surface area contributed by atoms with E-state index in [0.29, 0.717) is 17.7 Å². The van der Waals surface area contributed by atoms with Crippen molar-refractivity contribution in [2.45, 2.75) is 57.9 Å². The van der Waals surface area contributed by atoms with Crippen molar-refractivity contribution in [2.75, 3.05) is 11.4 Å². The number of carbonyl (C=O) groups excluding carboxylic acids is 2. The molecule has 2 aliphatic heterocycles. The maximum Gasteiger partial charge on any atom is 0.414 e. The Morgan fingerprint density at radius 3 is 2.57 bits per heavy atom. The molecular weight excluding hydrogens is 472 g/mol. The standard InChI is InChI=1S/C26H29F2N3O3S/c1-6-9-17-15-30(24(33)34-25(3,4)5)22-11-8-7-10-20(22)26(17)31(16(2)32)29-23(35-26)19-14-18(27)12-13-21(19)28/h7-8,10-14,17H,6,9,15H2,1-5H3. The van der Waals surface area contributed by atoms with Gasteiger partial charge in [-0.3, -0.25) is 9.69 Å². The van der Waals surface area contributed by atoms with Crippen LogP contribution in [0.2, 0.25) is 0 Å². The Morgan fingerprint density at radius 1 is 1.20 bits per heavy atom. The van der Waals surface area contributed by atoms with Gasteiger partial charge < -0.3 is 4.74 Å². The highest BCUT2D eigenvalue weighted by atomic mass is 32.2. The molecule has 2 unspecified atom stereocenters. The summed E-state index contributed by atoms with van der Waals surface area (Å²) in [5.41, 5.74) is 0.621. The van der Waals surface area contributed by atoms with Crippen LogP contribution in [-0.2, 0) is 14.4 Å². The zero-order valence-electron chi connectivity index (χ0n) is 20.5. The van der Waals surface area contributed by atoms with Gasteiger partial charge in [-0.25, -0.2) is 18.6 Å². The van der Waals surface area contributed by atoms with Crippen LogP contribution in [-0.4, -0.2) is 34.2 Å². The third kappa shape index (κ3) is 4.53. The van der Waals surface area contributed by atoms with Crippen LogP contribution in [0.15, 0.2) is 47.6 Å². The lowest BCUT2D eigenvalue weighted by molar-refractivity contribution is -0.133. The minimum Gasteiger partial charge on any atom is -0.443 e. The number of hydrogen-bond donors (Lipinski definition) is 0. The molecule has 0 aliphatic carbocycles. The maximum atomic E-state index is 14.7. The molecule has 0 fully saturated rings. The van der Waals surface area contributed by atoms with E-state index in [1.807, 2.05) is 52.0 Å². The Labute approximate surface area is 208 Å². The summed E-state index contributed by atoms with van der Waals surface area (Å²) < 4.78 is 34.5. The Kier molecular flexibility index (Phi) is 6.66. The number of nitrogens with zero attached hydrogens (tertiary/aromatic N) is 3. The second-order valence-corrected chi connectivity index (χ2v) is 11.0. The second-order valence-electron chi connectivity index (χ2n) is 9.75. The van der Waals surface area contributed by atoms with Crippen LogP contribution < -0.4 is 4.90 Å². The molecule has 0 radical (unpaired) electrons. The van der Waals surface area contributed by atoms with Gasteiger partial charge in [-0.15, -0.1) is 0 Å². The monoisotopic (exact) mass is 501 g/mol. The molecular formula is C26H29F2N3O3S. The number of benzene rings is 2. The minimum absolute atomic E-state index is 0.000395. The van der Waals surface area contributed by atoms with E-state index >= 15 is 0 Å². The number of hydrazone groups is 1. The van der Waals surface area contributed by atoms with Crippen LogP contribution in [0.25, 0.3) is 0 Å². The number of carbonyl (C=O) groups is 2. The van der Waals surface area contributed by atoms with Crippen LogP contribution in [0.5, 0.6) is 0 Å². The molecule has 0 bridgehead atoms. The zero-order chi connectivity index (χ0) is 25.5. The summed E-state index contributed by atoms with van der Waals surface area (Å²) >= 11 is 1.23. The van der Waals surface area contributed by atoms with Crippen LogP contribution in [0.1, 0.15) is 58.6 Å². The molecule has 9 heteroatoms. The topological polar surface area (TPSA) is 62.2 Å². The van der Waals surface area contributed by atoms with E-state index in [9.17, 15) is 18.4 Å². The highest BCUT2D eigenvalue weighted by molar-refractivity contribution is 8.15. The Hall–Kier alpha value is -2.94. The summed E-state index contributed by atoms with van der Waals surface area (Å²) in [5, 5.41) is 6.12. The first-order valence-electron chi connectivity index (χ1n) is 11.6. The van der Waals surface area contributed by atoms with Gasteiger partial charge in [0, 0.05) is 30.5 Å². The summed E-state index contributed by atoms with van der Waals surface area (Å²) in [7, 11) is 0. The van der Waals surface area contributed by atoms with Crippen LogP contribution >= 0.6 is 11.8 Å². The maximum absolute atomic E-state index is 14.7. The van der Waals surface area contributed by atoms with Crippen molar-refractivity contribution in [3.63, 3.8) is 0 Å². The van der Waals surface area contributed by atoms with E-state index in [1.165, 1.54) is 23.7 Å². The summed E-state index contributed by atoms with van der Waals surface area (Å²) in [6, 6.07) is 10.5. The first kappa shape index (κ1) is 25.2. The number of anilines is 1. The number of amides is 2. The fourth-order valence-electron chi connectivity index (χ4n) is 4.68. The average Bonchev–Trinajstić information content (AvgIpc) is 3.18. The molecule has 0 N–H and O–H groups in total. The van der Waals surface area contributed by atoms with Crippen molar-refractivity contribution in [3.05, 3.63) is 65.2 Å². The molecule has 0 aromatic heterocycles. The Bertz CT molecular complexity index is 1200. The predicted molar refractivity (Wildman–Crippen MR) is 133 cm³/mol. The van der Waals surface area contributed by atoms with E-state index < -0.39 is 28.2 Å². The van der Waals surface area contributed by atoms with Gasteiger partial charge in [0.2, 0.25) is 5.91 Å². The fraction of sp³-hybridized carbons (Fsp3) is 0.423. The summed E-state index contributed by atoms with van der Waals surface area (Å²) in [6.45, 7) is 9.14. The van der Waals surface area contributed by atoms with Gasteiger partial charge in [-0.2, -0.15) is 5.10 Å². The number of ether oxygens (including phenoxy) is 1. The quantitative estimate of drug-likeness (QED) is 0.499. The lowest BCUT2D eigenvalue weighted by Gasteiger charge is -2.48. The first-order valence-corrected chi connectivity index (χ1v) is 12.4. The lowest BCUT2D eigenvalue weighted by Crippen LogP contribution is -2.55. The van der Waals surface area contributed by atoms with E-state index in [1.54, 1.807) is 4.90 Å². The highest BCUT2D eigenvalue weighted by Gasteiger charge is 2.57. The summed E-state index contributed by atoms with van der Waals surface area (Å²) in [4.78, 5) is 26.7. The van der Waals surface area contributed by atoms with Gasteiger partial charge in [0.15, 0.2) is 0 Å². The molecule has 186 valence electrons. The van der Waals surface area contributed by atoms with Gasteiger partial charge in [0.1, 0.15) is 27.2 Å². The smallest absolute Gasteiger partial charge is 0.414 e. The molecule has 35 heavy (non-hydrogen) atoms. The summed E-state index contributed by atoms with van der Waals surface area (Å²) in [5.74, 6) is -1.79. The van der Waals surface area contributed by atoms with E-state index in [2.05, 4.69) is 5.10 Å². The molecule has 2 heterocycles. The number of halogens is 2. The minimum atomic E-state index is -1.02. The molecule has 2 aromatic rings. The third-order valence-corrected chi connectivity index (χ3v) is 7.54. The normalized spacial score (nSPS) is 21.7. The Balaban J connectivity index is 1.88. The molecule has 0 saturated heterocycles. The lowest BCUT2D eigenvalue weighted by atomic mass is 9.83. The van der Waals surface area contributed by atoms with Gasteiger partial charge in [0.05, 0.1) is 5.69 Å². The zero-order valence-corrected chi connectivity index (χ0v) is 21.3. The number of thioether (sulfide) groups is 1. The molecule has 4 rings (SSSR count). The first-order chi connectivity index (χ1) is 16.5. The van der Waals surface area contributed by atoms with Gasteiger partial charge >= 0.3 is 6.09 Å². The van der Waals surface area contributed by atoms with Crippen molar-refractivity contribution in [1.29, 1.82) is 0 Å². The van der Waals surface area contributed by atoms with Crippen LogP contribution in [0, 0.1) is 17.6 Å². The largest absolute Gasteiger partial charge is 0.443 e. The third-order valence-electron chi connectivity index (χ3n) is 6.00. The van der Waals surface area contributed by atoms with Crippen molar-refractivity contribution in [3.8, 4) is 0 Å². The van der Waals surface area contributed by atoms with E-state index in [-0.39, 0.29) is 29.0 Å². The number of rotatable bonds is 3. The van der Waals surface area contributed by atoms with E-state index in [4.69, 9.17) is 4.74 Å². The SMILES string of the molecule is CCCC1CN(C(=O)OC(C)(C)C)c2ccccc2C12SC(c1cc(F)ccc1F)=NN2C(C)=O.